The Bertz CT molecular complexity index is 181. The van der Waals surface area contributed by atoms with Crippen LogP contribution in [0, 0.1) is 0 Å². The van der Waals surface area contributed by atoms with Crippen LogP contribution in [0.2, 0.25) is 0 Å². The Morgan fingerprint density at radius 1 is 0.667 bits per heavy atom. The molecule has 0 saturated carbocycles. The van der Waals surface area contributed by atoms with Crippen molar-refractivity contribution in [2.75, 3.05) is 0 Å². The first-order chi connectivity index (χ1) is 7.28. The van der Waals surface area contributed by atoms with E-state index in [0.717, 1.165) is 0 Å². The van der Waals surface area contributed by atoms with Crippen LogP contribution in [-0.2, 0) is 19.2 Å². The highest BCUT2D eigenvalue weighted by Crippen LogP contribution is 1.90. The lowest BCUT2D eigenvalue weighted by molar-refractivity contribution is -0.112. The molecule has 8 nitrogen and oxygen atoms in total. The molecule has 0 heterocycles. The van der Waals surface area contributed by atoms with Gasteiger partial charge in [0.05, 0.1) is 0 Å². The molecule has 0 bridgehead atoms. The van der Waals surface area contributed by atoms with Gasteiger partial charge in [0.15, 0.2) is 0 Å². The first kappa shape index (κ1) is 12.9. The van der Waals surface area contributed by atoms with Gasteiger partial charge in [-0.25, -0.2) is 0 Å². The zero-order chi connectivity index (χ0) is 11.5. The Morgan fingerprint density at radius 3 is 1.13 bits per heavy atom. The maximum Gasteiger partial charge on any atom is 0.208 e. The van der Waals surface area contributed by atoms with Crippen LogP contribution in [0.1, 0.15) is 6.42 Å². The Balaban J connectivity index is 4.15. The molecule has 0 atom stereocenters. The third kappa shape index (κ3) is 6.02. The van der Waals surface area contributed by atoms with E-state index in [-0.39, 0.29) is 6.42 Å². The van der Waals surface area contributed by atoms with Gasteiger partial charge in [0.25, 0.3) is 0 Å². The van der Waals surface area contributed by atoms with E-state index in [4.69, 9.17) is 0 Å². The van der Waals surface area contributed by atoms with E-state index in [1.165, 1.54) is 0 Å². The van der Waals surface area contributed by atoms with Crippen LogP contribution >= 0.6 is 0 Å². The standard InChI is InChI=1S/C7H12N4O4/c12-2-8-6(9-3-13)1-7(10-4-14)11-5-15/h2-7H,1H2,(H,8,12)(H,9,13)(H,10,14)(H,11,15). The minimum atomic E-state index is -0.662. The minimum absolute atomic E-state index is 0.134. The molecule has 15 heavy (non-hydrogen) atoms. The summed E-state index contributed by atoms with van der Waals surface area (Å²) < 4.78 is 0. The highest BCUT2D eigenvalue weighted by Gasteiger charge is 2.13. The van der Waals surface area contributed by atoms with Gasteiger partial charge < -0.3 is 21.3 Å². The van der Waals surface area contributed by atoms with Crippen molar-refractivity contribution in [1.82, 2.24) is 21.3 Å². The van der Waals surface area contributed by atoms with Gasteiger partial charge in [-0.1, -0.05) is 0 Å². The molecule has 0 aliphatic rings. The molecule has 0 aromatic heterocycles. The predicted molar refractivity (Wildman–Crippen MR) is 49.0 cm³/mol. The fourth-order valence-electron chi connectivity index (χ4n) is 0.933. The fourth-order valence-corrected chi connectivity index (χ4v) is 0.933. The van der Waals surface area contributed by atoms with Crippen LogP contribution in [0.25, 0.3) is 0 Å². The summed E-state index contributed by atoms with van der Waals surface area (Å²) in [5, 5.41) is 9.18. The van der Waals surface area contributed by atoms with Crippen molar-refractivity contribution in [1.29, 1.82) is 0 Å². The lowest BCUT2D eigenvalue weighted by Gasteiger charge is -2.21. The molecule has 0 aromatic rings. The maximum absolute atomic E-state index is 10.1. The molecule has 0 spiro atoms. The summed E-state index contributed by atoms with van der Waals surface area (Å²) in [6.07, 6.45) is 0.421. The van der Waals surface area contributed by atoms with E-state index in [2.05, 4.69) is 21.3 Å². The third-order valence-corrected chi connectivity index (χ3v) is 1.55. The van der Waals surface area contributed by atoms with Crippen LogP contribution in [0.3, 0.4) is 0 Å². The Labute approximate surface area is 85.8 Å². The first-order valence-electron chi connectivity index (χ1n) is 4.07. The average molecular weight is 216 g/mol. The van der Waals surface area contributed by atoms with E-state index >= 15 is 0 Å². The van der Waals surface area contributed by atoms with Crippen molar-refractivity contribution in [3.63, 3.8) is 0 Å². The summed E-state index contributed by atoms with van der Waals surface area (Å²) in [7, 11) is 0. The van der Waals surface area contributed by atoms with Crippen LogP contribution in [0.5, 0.6) is 0 Å². The number of nitrogens with one attached hydrogen (secondary N) is 4. The molecule has 84 valence electrons. The van der Waals surface area contributed by atoms with Gasteiger partial charge in [0.1, 0.15) is 12.3 Å². The van der Waals surface area contributed by atoms with Crippen LogP contribution in [0.4, 0.5) is 0 Å². The second kappa shape index (κ2) is 8.48. The Kier molecular flexibility index (Phi) is 7.28. The summed E-state index contributed by atoms with van der Waals surface area (Å²) in [5.41, 5.74) is 0. The third-order valence-electron chi connectivity index (χ3n) is 1.55. The van der Waals surface area contributed by atoms with Crippen molar-refractivity contribution < 1.29 is 19.2 Å². The van der Waals surface area contributed by atoms with Crippen LogP contribution in [0.15, 0.2) is 0 Å². The molecule has 4 N–H and O–H groups in total. The Hall–Kier alpha value is -2.12. The van der Waals surface area contributed by atoms with Gasteiger partial charge >= 0.3 is 0 Å². The molecule has 8 heteroatoms. The number of hydrogen-bond acceptors (Lipinski definition) is 4. The summed E-state index contributed by atoms with van der Waals surface area (Å²) in [4.78, 5) is 40.6. The Morgan fingerprint density at radius 2 is 0.933 bits per heavy atom. The topological polar surface area (TPSA) is 116 Å². The van der Waals surface area contributed by atoms with Gasteiger partial charge in [-0.3, -0.25) is 19.2 Å². The van der Waals surface area contributed by atoms with E-state index in [9.17, 15) is 19.2 Å². The summed E-state index contributed by atoms with van der Waals surface area (Å²) >= 11 is 0. The second-order valence-corrected chi connectivity index (χ2v) is 2.48. The fraction of sp³-hybridized carbons (Fsp3) is 0.429. The van der Waals surface area contributed by atoms with E-state index in [1.54, 1.807) is 0 Å². The van der Waals surface area contributed by atoms with Crippen LogP contribution < -0.4 is 21.3 Å². The molecule has 0 saturated heterocycles. The molecule has 0 aliphatic carbocycles. The second-order valence-electron chi connectivity index (χ2n) is 2.48. The molecular formula is C7H12N4O4. The zero-order valence-electron chi connectivity index (χ0n) is 7.80. The van der Waals surface area contributed by atoms with E-state index in [1.807, 2.05) is 0 Å². The van der Waals surface area contributed by atoms with Gasteiger partial charge in [0.2, 0.25) is 25.6 Å². The SMILES string of the molecule is O=CNC(CC(NC=O)NC=O)NC=O. The largest absolute Gasteiger partial charge is 0.338 e. The van der Waals surface area contributed by atoms with Gasteiger partial charge in [0, 0.05) is 6.42 Å². The van der Waals surface area contributed by atoms with Gasteiger partial charge in [-0.05, 0) is 0 Å². The van der Waals surface area contributed by atoms with Crippen molar-refractivity contribution in [2.24, 2.45) is 0 Å². The number of amides is 4. The van der Waals surface area contributed by atoms with Crippen LogP contribution in [-0.4, -0.2) is 38.0 Å². The smallest absolute Gasteiger partial charge is 0.208 e. The monoisotopic (exact) mass is 216 g/mol. The lowest BCUT2D eigenvalue weighted by atomic mass is 10.2. The van der Waals surface area contributed by atoms with Gasteiger partial charge in [-0.2, -0.15) is 0 Å². The normalized spacial score (nSPS) is 9.20. The summed E-state index contributed by atoms with van der Waals surface area (Å²) in [6.45, 7) is 0. The number of rotatable bonds is 10. The highest BCUT2D eigenvalue weighted by molar-refractivity contribution is 5.52. The molecule has 0 unspecified atom stereocenters. The molecule has 0 rings (SSSR count). The minimum Gasteiger partial charge on any atom is -0.338 e. The molecule has 4 amide bonds. The molecule has 0 fully saturated rings. The first-order valence-corrected chi connectivity index (χ1v) is 4.07. The lowest BCUT2D eigenvalue weighted by Crippen LogP contribution is -2.50. The quantitative estimate of drug-likeness (QED) is 0.230. The average Bonchev–Trinajstić information content (AvgIpc) is 2.19. The summed E-state index contributed by atoms with van der Waals surface area (Å²) in [5.74, 6) is 0. The number of carbonyl (C=O) groups excluding carboxylic acids is 4. The summed E-state index contributed by atoms with van der Waals surface area (Å²) in [6, 6.07) is 0. The van der Waals surface area contributed by atoms with E-state index < -0.39 is 12.3 Å². The van der Waals surface area contributed by atoms with Crippen molar-refractivity contribution in [3.05, 3.63) is 0 Å². The molecule has 0 radical (unpaired) electrons. The van der Waals surface area contributed by atoms with E-state index in [0.29, 0.717) is 25.6 Å². The molecule has 0 aromatic carbocycles. The zero-order valence-corrected chi connectivity index (χ0v) is 7.80. The number of carbonyl (C=O) groups is 4. The highest BCUT2D eigenvalue weighted by atomic mass is 16.1. The maximum atomic E-state index is 10.1. The molecular weight excluding hydrogens is 204 g/mol. The molecule has 0 aliphatic heterocycles. The van der Waals surface area contributed by atoms with Gasteiger partial charge in [-0.15, -0.1) is 0 Å². The van der Waals surface area contributed by atoms with Crippen molar-refractivity contribution in [2.45, 2.75) is 18.8 Å². The number of hydrogen-bond donors (Lipinski definition) is 4. The predicted octanol–water partition coefficient (Wildman–Crippen LogP) is -2.99. The van der Waals surface area contributed by atoms with Crippen molar-refractivity contribution >= 4 is 25.6 Å². The van der Waals surface area contributed by atoms with Crippen molar-refractivity contribution in [3.8, 4) is 0 Å².